The van der Waals surface area contributed by atoms with E-state index in [0.29, 0.717) is 19.0 Å². The summed E-state index contributed by atoms with van der Waals surface area (Å²) in [5, 5.41) is 18.3. The van der Waals surface area contributed by atoms with Crippen LogP contribution in [0.3, 0.4) is 0 Å². The summed E-state index contributed by atoms with van der Waals surface area (Å²) in [5.41, 5.74) is 2.01. The van der Waals surface area contributed by atoms with Gasteiger partial charge in [-0.1, -0.05) is 60.7 Å². The maximum Gasteiger partial charge on any atom is 0.191 e. The van der Waals surface area contributed by atoms with Gasteiger partial charge >= 0.3 is 0 Å². The number of thiazole rings is 1. The molecule has 3 rings (SSSR count). The van der Waals surface area contributed by atoms with E-state index in [4.69, 9.17) is 9.98 Å². The van der Waals surface area contributed by atoms with Crippen LogP contribution in [0.2, 0.25) is 0 Å². The predicted molar refractivity (Wildman–Crippen MR) is 137 cm³/mol. The number of hydrogen-bond donors (Lipinski definition) is 3. The molecular weight excluding hydrogens is 507 g/mol. The van der Waals surface area contributed by atoms with Gasteiger partial charge in [-0.2, -0.15) is 0 Å². The van der Waals surface area contributed by atoms with Crippen molar-refractivity contribution in [1.29, 1.82) is 0 Å². The lowest BCUT2D eigenvalue weighted by Crippen LogP contribution is -2.44. The predicted octanol–water partition coefficient (Wildman–Crippen LogP) is 4.70. The molecule has 1 unspecified atom stereocenters. The highest BCUT2D eigenvalue weighted by Gasteiger charge is 2.23. The second kappa shape index (κ2) is 11.4. The molecular formula is C23H29IN4OS. The van der Waals surface area contributed by atoms with Crippen molar-refractivity contribution in [1.82, 2.24) is 15.6 Å². The molecule has 1 atom stereocenters. The lowest BCUT2D eigenvalue weighted by molar-refractivity contribution is 0.0617. The van der Waals surface area contributed by atoms with Crippen LogP contribution in [0.15, 0.2) is 65.7 Å². The third-order valence-corrected chi connectivity index (χ3v) is 5.83. The van der Waals surface area contributed by atoms with Gasteiger partial charge in [-0.25, -0.2) is 9.98 Å². The minimum absolute atomic E-state index is 0. The van der Waals surface area contributed by atoms with E-state index < -0.39 is 5.60 Å². The van der Waals surface area contributed by atoms with Crippen LogP contribution in [0.4, 0.5) is 0 Å². The van der Waals surface area contributed by atoms with Crippen LogP contribution in [-0.2, 0) is 12.1 Å². The molecule has 0 aliphatic rings. The number of aliphatic imine (C=N–C) groups is 1. The lowest BCUT2D eigenvalue weighted by Gasteiger charge is -2.25. The first-order chi connectivity index (χ1) is 14.0. The molecule has 0 aliphatic carbocycles. The van der Waals surface area contributed by atoms with Crippen molar-refractivity contribution in [2.24, 2.45) is 4.99 Å². The van der Waals surface area contributed by atoms with Crippen molar-refractivity contribution in [2.45, 2.75) is 32.9 Å². The smallest absolute Gasteiger partial charge is 0.191 e. The van der Waals surface area contributed by atoms with Gasteiger partial charge in [-0.3, -0.25) is 0 Å². The maximum atomic E-state index is 10.8. The van der Waals surface area contributed by atoms with Crippen molar-refractivity contribution < 1.29 is 5.11 Å². The molecule has 0 aliphatic heterocycles. The van der Waals surface area contributed by atoms with Crippen LogP contribution in [0.1, 0.15) is 30.0 Å². The second-order valence-electron chi connectivity index (χ2n) is 7.08. The number of rotatable bonds is 7. The summed E-state index contributed by atoms with van der Waals surface area (Å²) < 4.78 is 0. The Balaban J connectivity index is 0.00000320. The minimum atomic E-state index is -0.988. The van der Waals surface area contributed by atoms with E-state index in [9.17, 15) is 5.11 Å². The fourth-order valence-electron chi connectivity index (χ4n) is 2.93. The molecule has 0 fully saturated rings. The minimum Gasteiger partial charge on any atom is -0.384 e. The SMILES string of the molecule is CCNC(=NCc1sc(-c2ccccc2)nc1C)NCC(C)(O)c1ccccc1.I. The zero-order valence-electron chi connectivity index (χ0n) is 17.6. The van der Waals surface area contributed by atoms with Crippen LogP contribution in [0.25, 0.3) is 10.6 Å². The molecule has 0 amide bonds. The third kappa shape index (κ3) is 6.52. The van der Waals surface area contributed by atoms with Crippen LogP contribution in [0.5, 0.6) is 0 Å². The summed E-state index contributed by atoms with van der Waals surface area (Å²) in [6, 6.07) is 19.9. The number of nitrogens with one attached hydrogen (secondary N) is 2. The number of nitrogens with zero attached hydrogens (tertiary/aromatic N) is 2. The van der Waals surface area contributed by atoms with E-state index in [-0.39, 0.29) is 24.0 Å². The topological polar surface area (TPSA) is 69.5 Å². The average molecular weight is 536 g/mol. The number of aliphatic hydroxyl groups is 1. The van der Waals surface area contributed by atoms with Gasteiger partial charge in [0, 0.05) is 17.0 Å². The van der Waals surface area contributed by atoms with Gasteiger partial charge in [0.05, 0.1) is 18.8 Å². The number of hydrogen-bond acceptors (Lipinski definition) is 4. The summed E-state index contributed by atoms with van der Waals surface area (Å²) in [4.78, 5) is 10.5. The summed E-state index contributed by atoms with van der Waals surface area (Å²) in [5.74, 6) is 0.678. The molecule has 1 heterocycles. The Morgan fingerprint density at radius 3 is 2.33 bits per heavy atom. The van der Waals surface area contributed by atoms with Gasteiger partial charge in [0.25, 0.3) is 0 Å². The van der Waals surface area contributed by atoms with Crippen molar-refractivity contribution >= 4 is 41.3 Å². The fraction of sp³-hybridized carbons (Fsp3) is 0.304. The number of aromatic nitrogens is 1. The van der Waals surface area contributed by atoms with Gasteiger partial charge in [0.15, 0.2) is 5.96 Å². The maximum absolute atomic E-state index is 10.8. The van der Waals surface area contributed by atoms with Crippen LogP contribution in [0, 0.1) is 6.92 Å². The Kier molecular flexibility index (Phi) is 9.26. The molecule has 2 aromatic carbocycles. The third-order valence-electron chi connectivity index (χ3n) is 4.63. The second-order valence-corrected chi connectivity index (χ2v) is 8.17. The average Bonchev–Trinajstić information content (AvgIpc) is 3.12. The molecule has 7 heteroatoms. The van der Waals surface area contributed by atoms with Gasteiger partial charge in [-0.05, 0) is 26.3 Å². The fourth-order valence-corrected chi connectivity index (χ4v) is 3.92. The molecule has 3 N–H and O–H groups in total. The molecule has 3 aromatic rings. The van der Waals surface area contributed by atoms with E-state index in [1.54, 1.807) is 18.3 Å². The highest BCUT2D eigenvalue weighted by molar-refractivity contribution is 14.0. The van der Waals surface area contributed by atoms with E-state index in [1.807, 2.05) is 62.4 Å². The van der Waals surface area contributed by atoms with E-state index >= 15 is 0 Å². The van der Waals surface area contributed by atoms with Crippen molar-refractivity contribution in [3.8, 4) is 10.6 Å². The highest BCUT2D eigenvalue weighted by atomic mass is 127. The van der Waals surface area contributed by atoms with Crippen molar-refractivity contribution in [3.63, 3.8) is 0 Å². The number of aryl methyl sites for hydroxylation is 1. The molecule has 30 heavy (non-hydrogen) atoms. The highest BCUT2D eigenvalue weighted by Crippen LogP contribution is 2.28. The Morgan fingerprint density at radius 2 is 1.70 bits per heavy atom. The van der Waals surface area contributed by atoms with Gasteiger partial charge in [0.1, 0.15) is 10.6 Å². The number of guanidine groups is 1. The van der Waals surface area contributed by atoms with Crippen LogP contribution < -0.4 is 10.6 Å². The van der Waals surface area contributed by atoms with Crippen LogP contribution >= 0.6 is 35.3 Å². The lowest BCUT2D eigenvalue weighted by atomic mass is 9.96. The Morgan fingerprint density at radius 1 is 1.07 bits per heavy atom. The van der Waals surface area contributed by atoms with Gasteiger partial charge in [0.2, 0.25) is 0 Å². The van der Waals surface area contributed by atoms with Crippen LogP contribution in [-0.4, -0.2) is 29.1 Å². The molecule has 0 saturated heterocycles. The molecule has 0 radical (unpaired) electrons. The largest absolute Gasteiger partial charge is 0.384 e. The Labute approximate surface area is 199 Å². The van der Waals surface area contributed by atoms with E-state index in [0.717, 1.165) is 33.3 Å². The summed E-state index contributed by atoms with van der Waals surface area (Å²) in [6.45, 7) is 7.50. The molecule has 0 bridgehead atoms. The first-order valence-corrected chi connectivity index (χ1v) is 10.6. The summed E-state index contributed by atoms with van der Waals surface area (Å²) in [7, 11) is 0. The number of benzene rings is 2. The van der Waals surface area contributed by atoms with Gasteiger partial charge in [-0.15, -0.1) is 35.3 Å². The number of halogens is 1. The summed E-state index contributed by atoms with van der Waals surface area (Å²) >= 11 is 1.67. The Bertz CT molecular complexity index is 942. The summed E-state index contributed by atoms with van der Waals surface area (Å²) in [6.07, 6.45) is 0. The molecule has 160 valence electrons. The standard InChI is InChI=1S/C23H28N4OS.HI/c1-4-24-22(26-16-23(3,28)19-13-9-6-10-14-19)25-15-20-17(2)27-21(29-20)18-11-7-5-8-12-18;/h5-14,28H,4,15-16H2,1-3H3,(H2,24,25,26);1H. The Hall–Kier alpha value is -1.97. The first kappa shape index (κ1) is 24.3. The first-order valence-electron chi connectivity index (χ1n) is 9.81. The molecule has 5 nitrogen and oxygen atoms in total. The zero-order valence-corrected chi connectivity index (χ0v) is 20.7. The van der Waals surface area contributed by atoms with E-state index in [1.165, 1.54) is 0 Å². The zero-order chi connectivity index (χ0) is 20.7. The van der Waals surface area contributed by atoms with Crippen molar-refractivity contribution in [3.05, 3.63) is 76.8 Å². The monoisotopic (exact) mass is 536 g/mol. The normalized spacial score (nSPS) is 13.3. The quantitative estimate of drug-likeness (QED) is 0.233. The van der Waals surface area contributed by atoms with E-state index in [2.05, 4.69) is 22.8 Å². The van der Waals surface area contributed by atoms with Crippen molar-refractivity contribution in [2.75, 3.05) is 13.1 Å². The molecule has 0 spiro atoms. The molecule has 0 saturated carbocycles. The molecule has 1 aromatic heterocycles. The van der Waals surface area contributed by atoms with Gasteiger partial charge < -0.3 is 15.7 Å².